The first-order valence-corrected chi connectivity index (χ1v) is 18.0. The fourth-order valence-electron chi connectivity index (χ4n) is 6.41. The molecule has 0 saturated carbocycles. The number of hydrogen-bond donors (Lipinski definition) is 6. The number of tetrazole rings is 1. The Labute approximate surface area is 310 Å². The summed E-state index contributed by atoms with van der Waals surface area (Å²) in [6, 6.07) is 17.1. The van der Waals surface area contributed by atoms with Crippen molar-refractivity contribution in [2.45, 2.75) is 104 Å². The van der Waals surface area contributed by atoms with Gasteiger partial charge in [-0.05, 0) is 39.8 Å². The van der Waals surface area contributed by atoms with Crippen molar-refractivity contribution in [3.63, 3.8) is 0 Å². The zero-order valence-electron chi connectivity index (χ0n) is 31.1. The van der Waals surface area contributed by atoms with Gasteiger partial charge in [0.15, 0.2) is 5.82 Å². The molecule has 5 atom stereocenters. The monoisotopic (exact) mass is 728 g/mol. The molecule has 0 spiro atoms. The van der Waals surface area contributed by atoms with Crippen molar-refractivity contribution in [1.29, 1.82) is 0 Å². The van der Waals surface area contributed by atoms with Crippen LogP contribution >= 0.6 is 0 Å². The van der Waals surface area contributed by atoms with Crippen molar-refractivity contribution in [3.8, 4) is 0 Å². The third-order valence-corrected chi connectivity index (χ3v) is 9.40. The Morgan fingerprint density at radius 3 is 2.19 bits per heavy atom. The lowest BCUT2D eigenvalue weighted by atomic mass is 9.82. The smallest absolute Gasteiger partial charge is 0.247 e. The van der Waals surface area contributed by atoms with Crippen molar-refractivity contribution in [1.82, 2.24) is 51.4 Å². The van der Waals surface area contributed by atoms with Crippen LogP contribution in [0.1, 0.15) is 76.5 Å². The topological polar surface area (TPSA) is 211 Å². The number of nitrogens with zero attached hydrogens (tertiary/aromatic N) is 5. The first-order chi connectivity index (χ1) is 25.4. The molecular weight excluding hydrogens is 676 g/mol. The quantitative estimate of drug-likeness (QED) is 0.0789. The molecule has 2 heterocycles. The highest BCUT2D eigenvalue weighted by molar-refractivity contribution is 5.92. The van der Waals surface area contributed by atoms with E-state index in [4.69, 9.17) is 0 Å². The number of hydrogen-bond acceptors (Lipinski definition) is 9. The van der Waals surface area contributed by atoms with E-state index in [9.17, 15) is 19.5 Å². The molecule has 15 heteroatoms. The summed E-state index contributed by atoms with van der Waals surface area (Å²) in [6.45, 7) is 9.30. The van der Waals surface area contributed by atoms with Crippen LogP contribution in [0.3, 0.4) is 0 Å². The van der Waals surface area contributed by atoms with Crippen LogP contribution in [0.25, 0.3) is 0 Å². The lowest BCUT2D eigenvalue weighted by Gasteiger charge is -2.43. The summed E-state index contributed by atoms with van der Waals surface area (Å²) < 4.78 is 0. The number of rotatable bonds is 20. The summed E-state index contributed by atoms with van der Waals surface area (Å²) >= 11 is 0. The van der Waals surface area contributed by atoms with Crippen molar-refractivity contribution in [2.75, 3.05) is 0 Å². The zero-order chi connectivity index (χ0) is 38.4. The van der Waals surface area contributed by atoms with Gasteiger partial charge in [-0.1, -0.05) is 94.8 Å². The zero-order valence-corrected chi connectivity index (χ0v) is 31.1. The molecule has 0 saturated heterocycles. The molecule has 53 heavy (non-hydrogen) atoms. The average molecular weight is 729 g/mol. The highest BCUT2D eigenvalue weighted by Gasteiger charge is 2.47. The molecular formula is C38H52N10O5. The van der Waals surface area contributed by atoms with Gasteiger partial charge in [0.2, 0.25) is 23.6 Å². The Hall–Kier alpha value is -5.44. The predicted octanol–water partition coefficient (Wildman–Crippen LogP) is 2.62. The van der Waals surface area contributed by atoms with Crippen molar-refractivity contribution in [2.24, 2.45) is 11.8 Å². The van der Waals surface area contributed by atoms with Gasteiger partial charge in [0, 0.05) is 32.5 Å². The predicted molar refractivity (Wildman–Crippen MR) is 197 cm³/mol. The van der Waals surface area contributed by atoms with E-state index >= 15 is 4.79 Å². The molecule has 0 aliphatic heterocycles. The number of nitrogens with one attached hydrogen (secondary N) is 5. The first-order valence-electron chi connectivity index (χ1n) is 18.0. The Morgan fingerprint density at radius 1 is 0.943 bits per heavy atom. The normalized spacial score (nSPS) is 14.7. The highest BCUT2D eigenvalue weighted by atomic mass is 16.3. The molecule has 6 N–H and O–H groups in total. The van der Waals surface area contributed by atoms with Crippen molar-refractivity contribution in [3.05, 3.63) is 95.8 Å². The van der Waals surface area contributed by atoms with Crippen LogP contribution in [0.5, 0.6) is 0 Å². The number of aromatic nitrogens is 6. The lowest BCUT2D eigenvalue weighted by Crippen LogP contribution is -2.65. The highest BCUT2D eigenvalue weighted by Crippen LogP contribution is 2.30. The number of benzene rings is 2. The Kier molecular flexibility index (Phi) is 14.8. The van der Waals surface area contributed by atoms with E-state index in [2.05, 4.69) is 46.5 Å². The molecule has 0 aliphatic carbocycles. The van der Waals surface area contributed by atoms with E-state index in [1.54, 1.807) is 11.1 Å². The van der Waals surface area contributed by atoms with Gasteiger partial charge in [-0.15, -0.1) is 5.10 Å². The fraction of sp³-hybridized carbons (Fsp3) is 0.474. The standard InChI is InChI=1S/C38H52N10O5/c1-6-26(4)35(36(52)40-22-33-44-46-47-45-33)43-34(51)18-32(50)31(17-25(2)3)42-37(53)38(20-30-21-39-24-41-30,19-28-13-9-7-10-14-28)48(27(5)49)23-29-15-11-8-12-16-29/h7-16,21,24-26,31-32,35,50H,6,17-20,22-23H2,1-5H3,(H,39,41)(H,40,52)(H,42,53)(H,43,51)(H,44,45,46,47)/t26-,31-,32-,35-,38-/m0/s1. The minimum Gasteiger partial charge on any atom is -0.390 e. The van der Waals surface area contributed by atoms with Crippen LogP contribution in [0, 0.1) is 11.8 Å². The SMILES string of the molecule is CC[C@H](C)[C@H](NC(=O)C[C@H](O)[C@H](CC(C)C)NC(=O)[C@](Cc1ccccc1)(Cc1c[nH]cn1)N(Cc1ccccc1)C(C)=O)C(=O)NCc1nnn[nH]1. The maximum Gasteiger partial charge on any atom is 0.247 e. The number of aromatic amines is 2. The second-order valence-corrected chi connectivity index (χ2v) is 14.0. The van der Waals surface area contributed by atoms with Crippen LogP contribution < -0.4 is 16.0 Å². The minimum absolute atomic E-state index is 0.0188. The fourth-order valence-corrected chi connectivity index (χ4v) is 6.41. The van der Waals surface area contributed by atoms with Crippen LogP contribution in [0.15, 0.2) is 73.2 Å². The molecule has 4 rings (SSSR count). The molecule has 284 valence electrons. The number of aliphatic hydroxyl groups is 1. The number of carbonyl (C=O) groups excluding carboxylic acids is 4. The molecule has 4 aromatic rings. The summed E-state index contributed by atoms with van der Waals surface area (Å²) in [5, 5.41) is 33.6. The second-order valence-electron chi connectivity index (χ2n) is 14.0. The molecule has 0 unspecified atom stereocenters. The van der Waals surface area contributed by atoms with Gasteiger partial charge in [-0.3, -0.25) is 19.2 Å². The summed E-state index contributed by atoms with van der Waals surface area (Å²) in [4.78, 5) is 64.4. The molecule has 0 radical (unpaired) electrons. The van der Waals surface area contributed by atoms with Gasteiger partial charge in [0.05, 0.1) is 37.1 Å². The van der Waals surface area contributed by atoms with Gasteiger partial charge in [0.1, 0.15) is 11.6 Å². The first kappa shape index (κ1) is 40.3. The maximum atomic E-state index is 15.1. The molecule has 2 aromatic heterocycles. The third kappa shape index (κ3) is 11.5. The number of carbonyl (C=O) groups is 4. The lowest BCUT2D eigenvalue weighted by molar-refractivity contribution is -0.149. The Balaban J connectivity index is 1.64. The summed E-state index contributed by atoms with van der Waals surface area (Å²) in [5.41, 5.74) is 0.744. The third-order valence-electron chi connectivity index (χ3n) is 9.40. The van der Waals surface area contributed by atoms with Crippen molar-refractivity contribution >= 4 is 23.6 Å². The summed E-state index contributed by atoms with van der Waals surface area (Å²) in [5.74, 6) is -1.62. The summed E-state index contributed by atoms with van der Waals surface area (Å²) in [7, 11) is 0. The van der Waals surface area contributed by atoms with E-state index in [-0.39, 0.29) is 50.1 Å². The number of imidazole rings is 1. The molecule has 0 aliphatic rings. The van der Waals surface area contributed by atoms with Crippen LogP contribution in [-0.4, -0.2) is 88.0 Å². The van der Waals surface area contributed by atoms with Gasteiger partial charge >= 0.3 is 0 Å². The van der Waals surface area contributed by atoms with Gasteiger partial charge < -0.3 is 30.9 Å². The van der Waals surface area contributed by atoms with E-state index in [1.165, 1.54) is 13.3 Å². The molecule has 0 fully saturated rings. The number of aliphatic hydroxyl groups excluding tert-OH is 1. The van der Waals surface area contributed by atoms with Gasteiger partial charge in [0.25, 0.3) is 0 Å². The van der Waals surface area contributed by atoms with Gasteiger partial charge in [-0.25, -0.2) is 10.1 Å². The van der Waals surface area contributed by atoms with E-state index in [1.807, 2.05) is 88.4 Å². The molecule has 4 amide bonds. The van der Waals surface area contributed by atoms with Gasteiger partial charge in [-0.2, -0.15) is 0 Å². The average Bonchev–Trinajstić information content (AvgIpc) is 3.86. The van der Waals surface area contributed by atoms with E-state index in [0.717, 1.165) is 11.1 Å². The number of H-pyrrole nitrogens is 2. The van der Waals surface area contributed by atoms with Crippen LogP contribution in [-0.2, 0) is 45.1 Å². The van der Waals surface area contributed by atoms with Crippen LogP contribution in [0.4, 0.5) is 0 Å². The van der Waals surface area contributed by atoms with Crippen LogP contribution in [0.2, 0.25) is 0 Å². The second kappa shape index (κ2) is 19.4. The number of amides is 4. The minimum atomic E-state index is -1.49. The summed E-state index contributed by atoms with van der Waals surface area (Å²) in [6.07, 6.45) is 2.69. The van der Waals surface area contributed by atoms with E-state index in [0.29, 0.717) is 24.4 Å². The largest absolute Gasteiger partial charge is 0.390 e. The molecule has 0 bridgehead atoms. The van der Waals surface area contributed by atoms with E-state index < -0.39 is 41.4 Å². The Morgan fingerprint density at radius 2 is 1.62 bits per heavy atom. The molecule has 2 aromatic carbocycles. The Bertz CT molecular complexity index is 1720. The van der Waals surface area contributed by atoms with Crippen molar-refractivity contribution < 1.29 is 24.3 Å². The molecule has 15 nitrogen and oxygen atoms in total. The maximum absolute atomic E-state index is 15.1.